The Morgan fingerprint density at radius 1 is 0.677 bits per heavy atom. The molecule has 1 aromatic rings. The molecule has 2 heterocycles. The lowest BCUT2D eigenvalue weighted by molar-refractivity contribution is -0.134. The highest BCUT2D eigenvalue weighted by atomic mass is 32.1. The molecule has 0 amide bonds. The Morgan fingerprint density at radius 3 is 1.13 bits per heavy atom. The summed E-state index contributed by atoms with van der Waals surface area (Å²) in [5, 5.41) is 11.5. The average Bonchev–Trinajstić information content (AvgIpc) is 3.33. The highest BCUT2D eigenvalue weighted by Crippen LogP contribution is 2.14. The first-order valence-electron chi connectivity index (χ1n) is 13.1. The monoisotopic (exact) mass is 453 g/mol. The maximum Gasteiger partial charge on any atom is 0.300 e. The molecular formula is C27H51NO2S. The van der Waals surface area contributed by atoms with E-state index in [4.69, 9.17) is 9.90 Å². The molecule has 0 unspecified atom stereocenters. The molecule has 0 saturated carbocycles. The highest BCUT2D eigenvalue weighted by molar-refractivity contribution is 7.07. The van der Waals surface area contributed by atoms with E-state index in [1.165, 1.54) is 129 Å². The SMILES string of the molecule is CC(=O)O.CCN1CCCCCCCCCCCCCCCCCCC1.c1ccsc1. The van der Waals surface area contributed by atoms with Crippen molar-refractivity contribution in [1.29, 1.82) is 0 Å². The molecule has 1 aliphatic heterocycles. The second-order valence-corrected chi connectivity index (χ2v) is 9.57. The first kappa shape index (κ1) is 30.1. The normalized spacial score (nSPS) is 19.0. The van der Waals surface area contributed by atoms with Crippen LogP contribution in [-0.4, -0.2) is 35.6 Å². The van der Waals surface area contributed by atoms with Crippen molar-refractivity contribution in [3.05, 3.63) is 22.9 Å². The summed E-state index contributed by atoms with van der Waals surface area (Å²) in [7, 11) is 0. The smallest absolute Gasteiger partial charge is 0.300 e. The number of rotatable bonds is 1. The van der Waals surface area contributed by atoms with E-state index in [0.717, 1.165) is 6.92 Å². The Kier molecular flexibility index (Phi) is 24.7. The number of aliphatic carboxylic acids is 1. The fraction of sp³-hybridized carbons (Fsp3) is 0.815. The molecule has 0 bridgehead atoms. The summed E-state index contributed by atoms with van der Waals surface area (Å²) in [6.45, 7) is 7.35. The molecule has 1 aromatic heterocycles. The molecule has 31 heavy (non-hydrogen) atoms. The van der Waals surface area contributed by atoms with E-state index in [9.17, 15) is 0 Å². The Morgan fingerprint density at radius 2 is 0.935 bits per heavy atom. The summed E-state index contributed by atoms with van der Waals surface area (Å²) >= 11 is 1.71. The molecule has 0 atom stereocenters. The topological polar surface area (TPSA) is 40.5 Å². The van der Waals surface area contributed by atoms with Crippen LogP contribution in [0.3, 0.4) is 0 Å². The standard InChI is InChI=1S/C21H43N.C4H4S.C2H4O2/c1-2-22-20-18-16-14-12-10-8-6-4-3-5-7-9-11-13-15-17-19-21-22;1-2-4-5-3-1;1-2(3)4/h2-21H2,1H3;1-4H;1H3,(H,3,4). The number of carbonyl (C=O) groups is 1. The van der Waals surface area contributed by atoms with Crippen molar-refractivity contribution in [2.75, 3.05) is 19.6 Å². The maximum atomic E-state index is 9.00. The number of thiophene rings is 1. The van der Waals surface area contributed by atoms with Crippen molar-refractivity contribution in [3.63, 3.8) is 0 Å². The van der Waals surface area contributed by atoms with Gasteiger partial charge >= 0.3 is 0 Å². The van der Waals surface area contributed by atoms with Crippen LogP contribution in [0.25, 0.3) is 0 Å². The summed E-state index contributed by atoms with van der Waals surface area (Å²) in [5.74, 6) is -0.833. The van der Waals surface area contributed by atoms with E-state index in [0.29, 0.717) is 0 Å². The van der Waals surface area contributed by atoms with Crippen LogP contribution >= 0.6 is 11.3 Å². The molecule has 182 valence electrons. The summed E-state index contributed by atoms with van der Waals surface area (Å²) in [4.78, 5) is 11.7. The number of carboxylic acids is 1. The molecule has 0 aromatic carbocycles. The van der Waals surface area contributed by atoms with E-state index < -0.39 is 5.97 Å². The molecule has 1 aliphatic rings. The molecule has 1 N–H and O–H groups in total. The quantitative estimate of drug-likeness (QED) is 0.462. The highest BCUT2D eigenvalue weighted by Gasteiger charge is 2.02. The Bertz CT molecular complexity index is 409. The third-order valence-corrected chi connectivity index (χ3v) is 6.45. The van der Waals surface area contributed by atoms with Gasteiger partial charge in [-0.3, -0.25) is 4.79 Å². The second-order valence-electron chi connectivity index (χ2n) is 8.76. The van der Waals surface area contributed by atoms with Crippen LogP contribution in [-0.2, 0) is 4.79 Å². The van der Waals surface area contributed by atoms with Gasteiger partial charge in [0.2, 0.25) is 0 Å². The summed E-state index contributed by atoms with van der Waals surface area (Å²) in [6, 6.07) is 4.04. The fourth-order valence-electron chi connectivity index (χ4n) is 3.98. The molecule has 2 rings (SSSR count). The predicted molar refractivity (Wildman–Crippen MR) is 138 cm³/mol. The average molecular weight is 454 g/mol. The van der Waals surface area contributed by atoms with Gasteiger partial charge in [0.1, 0.15) is 0 Å². The van der Waals surface area contributed by atoms with E-state index in [1.54, 1.807) is 11.3 Å². The second kappa shape index (κ2) is 25.4. The number of hydrogen-bond acceptors (Lipinski definition) is 3. The van der Waals surface area contributed by atoms with Gasteiger partial charge in [0.15, 0.2) is 0 Å². The van der Waals surface area contributed by atoms with Gasteiger partial charge in [-0.15, -0.1) is 0 Å². The summed E-state index contributed by atoms with van der Waals surface area (Å²) in [5.41, 5.74) is 0. The van der Waals surface area contributed by atoms with Gasteiger partial charge in [-0.2, -0.15) is 11.3 Å². The Labute approximate surface area is 197 Å². The van der Waals surface area contributed by atoms with Crippen molar-refractivity contribution < 1.29 is 9.90 Å². The molecule has 0 aliphatic carbocycles. The zero-order valence-electron chi connectivity index (χ0n) is 20.7. The van der Waals surface area contributed by atoms with E-state index in [2.05, 4.69) is 11.8 Å². The van der Waals surface area contributed by atoms with Crippen LogP contribution in [0.15, 0.2) is 22.9 Å². The van der Waals surface area contributed by atoms with Crippen LogP contribution in [0.4, 0.5) is 0 Å². The number of nitrogens with zero attached hydrogens (tertiary/aromatic N) is 1. The van der Waals surface area contributed by atoms with Crippen molar-refractivity contribution in [2.24, 2.45) is 0 Å². The molecular weight excluding hydrogens is 402 g/mol. The third-order valence-electron chi connectivity index (χ3n) is 5.82. The molecule has 0 radical (unpaired) electrons. The van der Waals surface area contributed by atoms with Crippen LogP contribution in [0.5, 0.6) is 0 Å². The van der Waals surface area contributed by atoms with Crippen LogP contribution < -0.4 is 0 Å². The van der Waals surface area contributed by atoms with Gasteiger partial charge in [0, 0.05) is 6.92 Å². The number of carboxylic acid groups (broad SMARTS) is 1. The van der Waals surface area contributed by atoms with E-state index in [-0.39, 0.29) is 0 Å². The molecule has 4 heteroatoms. The van der Waals surface area contributed by atoms with Crippen LogP contribution in [0.2, 0.25) is 0 Å². The van der Waals surface area contributed by atoms with E-state index in [1.807, 2.05) is 22.9 Å². The lowest BCUT2D eigenvalue weighted by Crippen LogP contribution is -2.25. The van der Waals surface area contributed by atoms with Crippen molar-refractivity contribution >= 4 is 17.3 Å². The molecule has 1 saturated heterocycles. The summed E-state index contributed by atoms with van der Waals surface area (Å²) < 4.78 is 0. The fourth-order valence-corrected chi connectivity index (χ4v) is 4.43. The van der Waals surface area contributed by atoms with Gasteiger partial charge in [0.05, 0.1) is 0 Å². The Hall–Kier alpha value is -0.870. The third kappa shape index (κ3) is 27.1. The minimum absolute atomic E-state index is 0.833. The maximum absolute atomic E-state index is 9.00. The van der Waals surface area contributed by atoms with Crippen LogP contribution in [0.1, 0.15) is 123 Å². The zero-order chi connectivity index (χ0) is 22.8. The lowest BCUT2D eigenvalue weighted by atomic mass is 10.0. The number of hydrogen-bond donors (Lipinski definition) is 1. The van der Waals surface area contributed by atoms with Crippen LogP contribution in [0, 0.1) is 0 Å². The van der Waals surface area contributed by atoms with Crippen molar-refractivity contribution in [2.45, 2.75) is 123 Å². The molecule has 1 fully saturated rings. The van der Waals surface area contributed by atoms with E-state index >= 15 is 0 Å². The predicted octanol–water partition coefficient (Wildman–Crippen LogP) is 8.79. The minimum Gasteiger partial charge on any atom is -0.481 e. The van der Waals surface area contributed by atoms with Gasteiger partial charge in [0.25, 0.3) is 5.97 Å². The van der Waals surface area contributed by atoms with Gasteiger partial charge in [-0.1, -0.05) is 115 Å². The molecule has 3 nitrogen and oxygen atoms in total. The minimum atomic E-state index is -0.833. The Balaban J connectivity index is 0.000000824. The zero-order valence-corrected chi connectivity index (χ0v) is 21.5. The van der Waals surface area contributed by atoms with Gasteiger partial charge < -0.3 is 10.0 Å². The van der Waals surface area contributed by atoms with Crippen molar-refractivity contribution in [3.8, 4) is 0 Å². The van der Waals surface area contributed by atoms with Gasteiger partial charge in [-0.05, 0) is 43.2 Å². The summed E-state index contributed by atoms with van der Waals surface area (Å²) in [6.07, 6.45) is 25.1. The lowest BCUT2D eigenvalue weighted by Gasteiger charge is -2.20. The first-order valence-corrected chi connectivity index (χ1v) is 14.0. The largest absolute Gasteiger partial charge is 0.481 e. The van der Waals surface area contributed by atoms with Gasteiger partial charge in [-0.25, -0.2) is 0 Å². The first-order chi connectivity index (χ1) is 15.2. The molecule has 0 spiro atoms. The van der Waals surface area contributed by atoms with Crippen molar-refractivity contribution in [1.82, 2.24) is 4.90 Å².